The van der Waals surface area contributed by atoms with Gasteiger partial charge in [-0.1, -0.05) is 18.2 Å². The van der Waals surface area contributed by atoms with Crippen LogP contribution in [0.3, 0.4) is 0 Å². The van der Waals surface area contributed by atoms with Gasteiger partial charge in [0, 0.05) is 44.8 Å². The molecule has 3 aliphatic heterocycles. The predicted octanol–water partition coefficient (Wildman–Crippen LogP) is 1.64. The van der Waals surface area contributed by atoms with Gasteiger partial charge in [-0.3, -0.25) is 9.59 Å². The zero-order valence-corrected chi connectivity index (χ0v) is 15.2. The molecule has 2 amide bonds. The fourth-order valence-corrected chi connectivity index (χ4v) is 4.42. The summed E-state index contributed by atoms with van der Waals surface area (Å²) in [7, 11) is 0. The molecule has 0 radical (unpaired) electrons. The Morgan fingerprint density at radius 1 is 0.960 bits per heavy atom. The lowest BCUT2D eigenvalue weighted by molar-refractivity contribution is -0.136. The zero-order valence-electron chi connectivity index (χ0n) is 14.4. The molecular weight excluding hydrogens is 338 g/mol. The third kappa shape index (κ3) is 3.67. The number of hydrogen-bond acceptors (Lipinski definition) is 3. The zero-order chi connectivity index (χ0) is 16.5. The summed E-state index contributed by atoms with van der Waals surface area (Å²) in [6, 6.07) is 9.39. The number of hydrogen-bond donors (Lipinski definition) is 1. The van der Waals surface area contributed by atoms with Crippen LogP contribution in [0, 0.1) is 17.8 Å². The van der Waals surface area contributed by atoms with Crippen molar-refractivity contribution >= 4 is 24.2 Å². The summed E-state index contributed by atoms with van der Waals surface area (Å²) < 4.78 is 0. The van der Waals surface area contributed by atoms with Crippen LogP contribution in [0.25, 0.3) is 0 Å². The summed E-state index contributed by atoms with van der Waals surface area (Å²) >= 11 is 0. The van der Waals surface area contributed by atoms with Gasteiger partial charge in [0.2, 0.25) is 5.91 Å². The summed E-state index contributed by atoms with van der Waals surface area (Å²) in [5.41, 5.74) is 0.715. The molecule has 3 atom stereocenters. The number of likely N-dealkylation sites (tertiary alicyclic amines) is 2. The molecule has 0 spiro atoms. The van der Waals surface area contributed by atoms with E-state index < -0.39 is 0 Å². The van der Waals surface area contributed by atoms with Gasteiger partial charge in [-0.25, -0.2) is 0 Å². The SMILES string of the molecule is Cl.O=C(c1ccccc1)N1CCCC(C(=O)N2C[C@H]3CNC[C@H]3C2)C1. The van der Waals surface area contributed by atoms with E-state index in [0.717, 1.165) is 45.6 Å². The molecule has 1 unspecified atom stereocenters. The highest BCUT2D eigenvalue weighted by molar-refractivity contribution is 5.94. The number of fused-ring (bicyclic) bond motifs is 1. The lowest BCUT2D eigenvalue weighted by atomic mass is 9.96. The highest BCUT2D eigenvalue weighted by Crippen LogP contribution is 2.29. The van der Waals surface area contributed by atoms with Gasteiger partial charge in [0.1, 0.15) is 0 Å². The van der Waals surface area contributed by atoms with Gasteiger partial charge in [0.25, 0.3) is 5.91 Å². The molecule has 0 aromatic heterocycles. The van der Waals surface area contributed by atoms with Crippen molar-refractivity contribution in [2.45, 2.75) is 12.8 Å². The fraction of sp³-hybridized carbons (Fsp3) is 0.579. The first-order valence-corrected chi connectivity index (χ1v) is 9.06. The number of rotatable bonds is 2. The number of piperidine rings is 1. The maximum Gasteiger partial charge on any atom is 0.253 e. The first kappa shape index (κ1) is 18.2. The number of carbonyl (C=O) groups is 2. The van der Waals surface area contributed by atoms with E-state index in [0.29, 0.717) is 23.9 Å². The fourth-order valence-electron chi connectivity index (χ4n) is 4.42. The van der Waals surface area contributed by atoms with Crippen LogP contribution in [0.2, 0.25) is 0 Å². The Labute approximate surface area is 155 Å². The monoisotopic (exact) mass is 363 g/mol. The molecule has 3 heterocycles. The second kappa shape index (κ2) is 7.75. The van der Waals surface area contributed by atoms with Gasteiger partial charge >= 0.3 is 0 Å². The van der Waals surface area contributed by atoms with Crippen molar-refractivity contribution in [1.29, 1.82) is 0 Å². The molecule has 0 aliphatic carbocycles. The molecular formula is C19H26ClN3O2. The van der Waals surface area contributed by atoms with Crippen LogP contribution in [0.4, 0.5) is 0 Å². The number of nitrogens with one attached hydrogen (secondary N) is 1. The molecule has 6 heteroatoms. The minimum atomic E-state index is -0.0294. The van der Waals surface area contributed by atoms with Crippen LogP contribution >= 0.6 is 12.4 Å². The Balaban J connectivity index is 0.00000182. The number of nitrogens with zero attached hydrogens (tertiary/aromatic N) is 2. The Kier molecular flexibility index (Phi) is 5.64. The first-order valence-electron chi connectivity index (χ1n) is 9.06. The van der Waals surface area contributed by atoms with Gasteiger partial charge in [-0.05, 0) is 36.8 Å². The van der Waals surface area contributed by atoms with E-state index >= 15 is 0 Å². The molecule has 0 bridgehead atoms. The standard InChI is InChI=1S/C19H25N3O2.ClH/c23-18(14-5-2-1-3-6-14)21-8-4-7-15(11-21)19(24)22-12-16-9-20-10-17(16)13-22;/h1-3,5-6,15-17,20H,4,7-13H2;1H/t15?,16-,17+;. The third-order valence-corrected chi connectivity index (χ3v) is 5.78. The number of carbonyl (C=O) groups excluding carboxylic acids is 2. The van der Waals surface area contributed by atoms with Crippen LogP contribution in [-0.2, 0) is 4.79 Å². The molecule has 136 valence electrons. The topological polar surface area (TPSA) is 52.7 Å². The summed E-state index contributed by atoms with van der Waals surface area (Å²) in [6.45, 7) is 5.18. The Bertz CT molecular complexity index is 612. The van der Waals surface area contributed by atoms with Crippen molar-refractivity contribution in [3.05, 3.63) is 35.9 Å². The first-order chi connectivity index (χ1) is 11.7. The van der Waals surface area contributed by atoms with Crippen molar-refractivity contribution in [2.75, 3.05) is 39.3 Å². The minimum Gasteiger partial charge on any atom is -0.342 e. The average Bonchev–Trinajstić information content (AvgIpc) is 3.23. The molecule has 1 aromatic rings. The average molecular weight is 364 g/mol. The van der Waals surface area contributed by atoms with E-state index in [1.807, 2.05) is 35.2 Å². The van der Waals surface area contributed by atoms with E-state index in [2.05, 4.69) is 10.2 Å². The Morgan fingerprint density at radius 2 is 1.64 bits per heavy atom. The summed E-state index contributed by atoms with van der Waals surface area (Å²) in [5.74, 6) is 1.53. The predicted molar refractivity (Wildman–Crippen MR) is 98.7 cm³/mol. The number of benzene rings is 1. The van der Waals surface area contributed by atoms with Crippen molar-refractivity contribution in [3.8, 4) is 0 Å². The van der Waals surface area contributed by atoms with Gasteiger partial charge in [0.15, 0.2) is 0 Å². The quantitative estimate of drug-likeness (QED) is 0.869. The van der Waals surface area contributed by atoms with Crippen molar-refractivity contribution in [1.82, 2.24) is 15.1 Å². The maximum absolute atomic E-state index is 12.9. The van der Waals surface area contributed by atoms with Gasteiger partial charge in [-0.2, -0.15) is 0 Å². The lowest BCUT2D eigenvalue weighted by Gasteiger charge is -2.34. The van der Waals surface area contributed by atoms with Crippen molar-refractivity contribution in [2.24, 2.45) is 17.8 Å². The van der Waals surface area contributed by atoms with E-state index in [4.69, 9.17) is 0 Å². The van der Waals surface area contributed by atoms with Crippen LogP contribution in [0.1, 0.15) is 23.2 Å². The smallest absolute Gasteiger partial charge is 0.253 e. The van der Waals surface area contributed by atoms with Crippen LogP contribution < -0.4 is 5.32 Å². The van der Waals surface area contributed by atoms with E-state index in [-0.39, 0.29) is 30.1 Å². The number of halogens is 1. The molecule has 25 heavy (non-hydrogen) atoms. The van der Waals surface area contributed by atoms with Crippen LogP contribution in [0.5, 0.6) is 0 Å². The molecule has 0 saturated carbocycles. The molecule has 3 aliphatic rings. The molecule has 1 N–H and O–H groups in total. The van der Waals surface area contributed by atoms with Gasteiger partial charge in [-0.15, -0.1) is 12.4 Å². The maximum atomic E-state index is 12.9. The minimum absolute atomic E-state index is 0. The van der Waals surface area contributed by atoms with E-state index in [9.17, 15) is 9.59 Å². The van der Waals surface area contributed by atoms with Crippen LogP contribution in [0.15, 0.2) is 30.3 Å². The van der Waals surface area contributed by atoms with Gasteiger partial charge < -0.3 is 15.1 Å². The number of amides is 2. The molecule has 3 fully saturated rings. The molecule has 3 saturated heterocycles. The Hall–Kier alpha value is -1.59. The normalized spacial score (nSPS) is 28.4. The summed E-state index contributed by atoms with van der Waals surface area (Å²) in [5, 5.41) is 3.41. The molecule has 1 aromatic carbocycles. The van der Waals surface area contributed by atoms with Crippen LogP contribution in [-0.4, -0.2) is 60.9 Å². The van der Waals surface area contributed by atoms with Gasteiger partial charge in [0.05, 0.1) is 5.92 Å². The lowest BCUT2D eigenvalue weighted by Crippen LogP contribution is -2.46. The largest absolute Gasteiger partial charge is 0.342 e. The molecule has 5 nitrogen and oxygen atoms in total. The third-order valence-electron chi connectivity index (χ3n) is 5.78. The summed E-state index contributed by atoms with van der Waals surface area (Å²) in [6.07, 6.45) is 1.82. The summed E-state index contributed by atoms with van der Waals surface area (Å²) in [4.78, 5) is 29.5. The van der Waals surface area contributed by atoms with E-state index in [1.54, 1.807) is 0 Å². The second-order valence-electron chi connectivity index (χ2n) is 7.38. The van der Waals surface area contributed by atoms with E-state index in [1.165, 1.54) is 0 Å². The second-order valence-corrected chi connectivity index (χ2v) is 7.38. The van der Waals surface area contributed by atoms with Crippen molar-refractivity contribution < 1.29 is 9.59 Å². The highest BCUT2D eigenvalue weighted by atomic mass is 35.5. The van der Waals surface area contributed by atoms with Crippen molar-refractivity contribution in [3.63, 3.8) is 0 Å². The molecule has 4 rings (SSSR count). The Morgan fingerprint density at radius 3 is 2.32 bits per heavy atom. The highest BCUT2D eigenvalue weighted by Gasteiger charge is 2.40.